The molecule has 1 aliphatic heterocycles. The third-order valence-corrected chi connectivity index (χ3v) is 9.09. The smallest absolute Gasteiger partial charge is 0.306 e. The lowest BCUT2D eigenvalue weighted by atomic mass is 9.82. The fourth-order valence-corrected chi connectivity index (χ4v) is 6.34. The number of anilines is 1. The first-order valence-electron chi connectivity index (χ1n) is 13.5. The molecule has 0 spiro atoms. The number of aliphatic carboxylic acids is 1. The number of piperidine rings is 1. The van der Waals surface area contributed by atoms with Gasteiger partial charge in [0.15, 0.2) is 0 Å². The van der Waals surface area contributed by atoms with Gasteiger partial charge in [-0.05, 0) is 62.8 Å². The fourth-order valence-electron chi connectivity index (χ4n) is 5.32. The number of aromatic nitrogens is 4. The Morgan fingerprint density at radius 1 is 0.892 bits per heavy atom. The van der Waals surface area contributed by atoms with Gasteiger partial charge in [-0.2, -0.15) is 0 Å². The Morgan fingerprint density at radius 2 is 1.57 bits per heavy atom. The van der Waals surface area contributed by atoms with Gasteiger partial charge in [0.05, 0.1) is 12.0 Å². The van der Waals surface area contributed by atoms with E-state index in [1.54, 1.807) is 11.3 Å². The predicted octanol–water partition coefficient (Wildman–Crippen LogP) is 5.42. The molecule has 194 valence electrons. The topological polar surface area (TPSA) is 101 Å². The normalized spacial score (nSPS) is 22.8. The van der Waals surface area contributed by atoms with Gasteiger partial charge in [-0.15, -0.1) is 10.2 Å². The summed E-state index contributed by atoms with van der Waals surface area (Å²) in [5, 5.41) is 20.0. The lowest BCUT2D eigenvalue weighted by Gasteiger charge is -2.32. The summed E-state index contributed by atoms with van der Waals surface area (Å²) in [5.74, 6) is 1.04. The van der Waals surface area contributed by atoms with Gasteiger partial charge in [-0.25, -0.2) is 9.97 Å². The third-order valence-electron chi connectivity index (χ3n) is 7.96. The molecule has 3 aromatic rings. The number of hydrogen-bond donors (Lipinski definition) is 1. The lowest BCUT2D eigenvalue weighted by molar-refractivity contribution is -0.142. The number of nitrogens with zero attached hydrogens (tertiary/aromatic N) is 5. The molecule has 37 heavy (non-hydrogen) atoms. The van der Waals surface area contributed by atoms with Crippen LogP contribution in [0.1, 0.15) is 62.3 Å². The van der Waals surface area contributed by atoms with Crippen LogP contribution in [0.25, 0.3) is 21.7 Å². The van der Waals surface area contributed by atoms with Crippen molar-refractivity contribution in [2.24, 2.45) is 11.8 Å². The van der Waals surface area contributed by atoms with Gasteiger partial charge in [0, 0.05) is 49.1 Å². The molecule has 8 nitrogen and oxygen atoms in total. The maximum absolute atomic E-state index is 11.2. The quantitative estimate of drug-likeness (QED) is 0.421. The molecule has 1 aromatic carbocycles. The van der Waals surface area contributed by atoms with Gasteiger partial charge in [0.25, 0.3) is 0 Å². The SMILES string of the molecule is O=C(O)[C@H]1CC[C@H](c2nnc(-c3ccc(-c4cnc(N5CCC(OCC6CC6)CC5)nc4)cc3)s2)CC1. The lowest BCUT2D eigenvalue weighted by Crippen LogP contribution is -2.38. The van der Waals surface area contributed by atoms with Crippen molar-refractivity contribution in [2.45, 2.75) is 63.4 Å². The molecule has 6 rings (SSSR count). The van der Waals surface area contributed by atoms with Gasteiger partial charge in [0.1, 0.15) is 10.0 Å². The minimum atomic E-state index is -0.675. The molecule has 0 radical (unpaired) electrons. The van der Waals surface area contributed by atoms with Crippen LogP contribution >= 0.6 is 11.3 Å². The van der Waals surface area contributed by atoms with E-state index in [0.717, 1.165) is 96.8 Å². The average molecular weight is 520 g/mol. The molecular formula is C28H33N5O3S. The van der Waals surface area contributed by atoms with E-state index in [9.17, 15) is 9.90 Å². The summed E-state index contributed by atoms with van der Waals surface area (Å²) in [5.41, 5.74) is 3.10. The Bertz CT molecular complexity index is 1200. The standard InChI is InChI=1S/C28H33N5O3S/c34-27(35)22-9-7-21(8-10-22)26-32-31-25(37-26)20-5-3-19(4-6-20)23-15-29-28(30-16-23)33-13-11-24(12-14-33)36-17-18-1-2-18/h3-6,15-16,18,21-22,24H,1-2,7-14,17H2,(H,34,35)/t21-,22-. The fraction of sp³-hybridized carbons (Fsp3) is 0.536. The van der Waals surface area contributed by atoms with Crippen molar-refractivity contribution in [1.82, 2.24) is 20.2 Å². The molecule has 3 heterocycles. The summed E-state index contributed by atoms with van der Waals surface area (Å²) < 4.78 is 6.06. The van der Waals surface area contributed by atoms with Crippen LogP contribution in [0.2, 0.25) is 0 Å². The van der Waals surface area contributed by atoms with Crippen LogP contribution in [0.15, 0.2) is 36.7 Å². The predicted molar refractivity (Wildman–Crippen MR) is 143 cm³/mol. The van der Waals surface area contributed by atoms with E-state index < -0.39 is 5.97 Å². The van der Waals surface area contributed by atoms with E-state index in [2.05, 4.69) is 49.3 Å². The maximum Gasteiger partial charge on any atom is 0.306 e. The highest BCUT2D eigenvalue weighted by molar-refractivity contribution is 7.14. The van der Waals surface area contributed by atoms with Crippen molar-refractivity contribution >= 4 is 23.3 Å². The minimum absolute atomic E-state index is 0.211. The monoisotopic (exact) mass is 519 g/mol. The second-order valence-electron chi connectivity index (χ2n) is 10.6. The molecule has 9 heteroatoms. The summed E-state index contributed by atoms with van der Waals surface area (Å²) in [6.07, 6.45) is 12.1. The van der Waals surface area contributed by atoms with Gasteiger partial charge < -0.3 is 14.7 Å². The number of carboxylic acid groups (broad SMARTS) is 1. The van der Waals surface area contributed by atoms with E-state index in [-0.39, 0.29) is 5.92 Å². The molecule has 0 amide bonds. The second-order valence-corrected chi connectivity index (χ2v) is 11.7. The Hall–Kier alpha value is -2.91. The van der Waals surface area contributed by atoms with Gasteiger partial charge in [-0.3, -0.25) is 4.79 Å². The second kappa shape index (κ2) is 10.8. The van der Waals surface area contributed by atoms with Crippen molar-refractivity contribution in [1.29, 1.82) is 0 Å². The number of benzene rings is 1. The molecule has 2 aliphatic carbocycles. The highest BCUT2D eigenvalue weighted by Crippen LogP contribution is 2.39. The van der Waals surface area contributed by atoms with Crippen molar-refractivity contribution in [3.05, 3.63) is 41.7 Å². The first-order valence-corrected chi connectivity index (χ1v) is 14.3. The van der Waals surface area contributed by atoms with Gasteiger partial charge in [-0.1, -0.05) is 35.6 Å². The van der Waals surface area contributed by atoms with E-state index in [4.69, 9.17) is 4.74 Å². The number of carbonyl (C=O) groups is 1. The summed E-state index contributed by atoms with van der Waals surface area (Å²) in [6, 6.07) is 8.30. The van der Waals surface area contributed by atoms with Crippen LogP contribution in [0.3, 0.4) is 0 Å². The summed E-state index contributed by atoms with van der Waals surface area (Å²) in [7, 11) is 0. The molecular weight excluding hydrogens is 486 g/mol. The number of ether oxygens (including phenoxy) is 1. The Labute approximate surface area is 221 Å². The molecule has 3 aliphatic rings. The van der Waals surface area contributed by atoms with Crippen LogP contribution in [0.5, 0.6) is 0 Å². The third kappa shape index (κ3) is 5.83. The van der Waals surface area contributed by atoms with Crippen molar-refractivity contribution < 1.29 is 14.6 Å². The van der Waals surface area contributed by atoms with E-state index in [0.29, 0.717) is 12.0 Å². The zero-order valence-corrected chi connectivity index (χ0v) is 21.8. The highest BCUT2D eigenvalue weighted by Gasteiger charge is 2.29. The number of carboxylic acids is 1. The Kier molecular flexibility index (Phi) is 7.15. The first-order chi connectivity index (χ1) is 18.1. The van der Waals surface area contributed by atoms with Crippen LogP contribution in [0, 0.1) is 11.8 Å². The van der Waals surface area contributed by atoms with Gasteiger partial charge >= 0.3 is 5.97 Å². The first kappa shape index (κ1) is 24.4. The van der Waals surface area contributed by atoms with Crippen LogP contribution < -0.4 is 4.90 Å². The molecule has 1 N–H and O–H groups in total. The van der Waals surface area contributed by atoms with Crippen molar-refractivity contribution in [3.8, 4) is 21.7 Å². The Morgan fingerprint density at radius 3 is 2.22 bits per heavy atom. The zero-order valence-electron chi connectivity index (χ0n) is 21.0. The Balaban J connectivity index is 1.04. The van der Waals surface area contributed by atoms with Crippen molar-refractivity contribution in [2.75, 3.05) is 24.6 Å². The minimum Gasteiger partial charge on any atom is -0.481 e. The maximum atomic E-state index is 11.2. The molecule has 0 atom stereocenters. The molecule has 2 aromatic heterocycles. The average Bonchev–Trinajstić information content (AvgIpc) is 3.66. The van der Waals surface area contributed by atoms with Crippen LogP contribution in [-0.4, -0.2) is 57.0 Å². The zero-order chi connectivity index (χ0) is 25.2. The summed E-state index contributed by atoms with van der Waals surface area (Å²) >= 11 is 1.62. The van der Waals surface area contributed by atoms with Crippen LogP contribution in [0.4, 0.5) is 5.95 Å². The van der Waals surface area contributed by atoms with Gasteiger partial charge in [0.2, 0.25) is 5.95 Å². The molecule has 1 saturated heterocycles. The largest absolute Gasteiger partial charge is 0.481 e. The molecule has 0 bridgehead atoms. The van der Waals surface area contributed by atoms with E-state index in [1.165, 1.54) is 12.8 Å². The van der Waals surface area contributed by atoms with E-state index >= 15 is 0 Å². The molecule has 0 unspecified atom stereocenters. The van der Waals surface area contributed by atoms with Crippen molar-refractivity contribution in [3.63, 3.8) is 0 Å². The summed E-state index contributed by atoms with van der Waals surface area (Å²) in [6.45, 7) is 2.81. The summed E-state index contributed by atoms with van der Waals surface area (Å²) in [4.78, 5) is 22.8. The number of rotatable bonds is 8. The van der Waals surface area contributed by atoms with Crippen LogP contribution in [-0.2, 0) is 9.53 Å². The molecule has 2 saturated carbocycles. The van der Waals surface area contributed by atoms with E-state index in [1.807, 2.05) is 12.4 Å². The number of hydrogen-bond acceptors (Lipinski definition) is 8. The highest BCUT2D eigenvalue weighted by atomic mass is 32.1. The molecule has 3 fully saturated rings.